The molecule has 1 aromatic carbocycles. The van der Waals surface area contributed by atoms with Gasteiger partial charge in [-0.05, 0) is 19.4 Å². The molecule has 0 aliphatic carbocycles. The van der Waals surface area contributed by atoms with Gasteiger partial charge in [-0.1, -0.05) is 0 Å². The summed E-state index contributed by atoms with van der Waals surface area (Å²) >= 11 is 0. The molecule has 1 atom stereocenters. The predicted octanol–water partition coefficient (Wildman–Crippen LogP) is 2.11. The number of non-ortho nitro benzene ring substituents is 1. The molecule has 9 heteroatoms. The number of nitro benzene ring substituents is 1. The summed E-state index contributed by atoms with van der Waals surface area (Å²) in [5.74, 6) is -1.80. The van der Waals surface area contributed by atoms with Crippen molar-refractivity contribution in [1.82, 2.24) is 5.32 Å². The van der Waals surface area contributed by atoms with E-state index < -0.39 is 28.8 Å². The van der Waals surface area contributed by atoms with Crippen molar-refractivity contribution < 1.29 is 24.0 Å². The zero-order valence-electron chi connectivity index (χ0n) is 11.1. The molecule has 1 aromatic rings. The maximum Gasteiger partial charge on any atom is 0.319 e. The van der Waals surface area contributed by atoms with E-state index in [1.807, 2.05) is 0 Å². The van der Waals surface area contributed by atoms with E-state index in [0.717, 1.165) is 18.2 Å². The number of carboxylic acid groups (broad SMARTS) is 1. The zero-order chi connectivity index (χ0) is 16.0. The molecule has 0 heterocycles. The van der Waals surface area contributed by atoms with E-state index in [1.54, 1.807) is 6.92 Å². The summed E-state index contributed by atoms with van der Waals surface area (Å²) in [5, 5.41) is 23.6. The summed E-state index contributed by atoms with van der Waals surface area (Å²) in [4.78, 5) is 31.8. The first-order valence-corrected chi connectivity index (χ1v) is 6.03. The Labute approximate surface area is 119 Å². The minimum Gasteiger partial charge on any atom is -0.481 e. The summed E-state index contributed by atoms with van der Waals surface area (Å²) in [6.07, 6.45) is 0.0901. The van der Waals surface area contributed by atoms with Gasteiger partial charge < -0.3 is 15.7 Å². The summed E-state index contributed by atoms with van der Waals surface area (Å²) in [7, 11) is 0. The van der Waals surface area contributed by atoms with E-state index in [0.29, 0.717) is 0 Å². The summed E-state index contributed by atoms with van der Waals surface area (Å²) in [5.41, 5.74) is -0.683. The van der Waals surface area contributed by atoms with Gasteiger partial charge in [-0.25, -0.2) is 9.18 Å². The lowest BCUT2D eigenvalue weighted by molar-refractivity contribution is -0.384. The number of anilines is 1. The Morgan fingerprint density at radius 3 is 2.71 bits per heavy atom. The van der Waals surface area contributed by atoms with Crippen LogP contribution in [0.15, 0.2) is 18.2 Å². The zero-order valence-corrected chi connectivity index (χ0v) is 11.1. The molecule has 2 amide bonds. The number of nitro groups is 1. The third kappa shape index (κ3) is 5.43. The molecule has 1 rings (SSSR count). The van der Waals surface area contributed by atoms with Crippen molar-refractivity contribution in [3.63, 3.8) is 0 Å². The van der Waals surface area contributed by atoms with Crippen LogP contribution in [0.25, 0.3) is 0 Å². The molecule has 0 spiro atoms. The van der Waals surface area contributed by atoms with Gasteiger partial charge >= 0.3 is 12.0 Å². The number of carbonyl (C=O) groups is 2. The smallest absolute Gasteiger partial charge is 0.319 e. The van der Waals surface area contributed by atoms with Crippen LogP contribution in [-0.4, -0.2) is 28.1 Å². The molecule has 0 saturated carbocycles. The van der Waals surface area contributed by atoms with Crippen LogP contribution in [0.1, 0.15) is 19.8 Å². The molecule has 1 unspecified atom stereocenters. The molecule has 0 radical (unpaired) electrons. The number of rotatable bonds is 6. The van der Waals surface area contributed by atoms with Crippen molar-refractivity contribution in [1.29, 1.82) is 0 Å². The second kappa shape index (κ2) is 7.17. The molecular formula is C12H14FN3O5. The van der Waals surface area contributed by atoms with E-state index in [-0.39, 0.29) is 24.2 Å². The van der Waals surface area contributed by atoms with Crippen LogP contribution in [0.5, 0.6) is 0 Å². The Morgan fingerprint density at radius 1 is 1.48 bits per heavy atom. The molecule has 114 valence electrons. The maximum absolute atomic E-state index is 13.4. The highest BCUT2D eigenvalue weighted by Gasteiger charge is 2.14. The molecule has 0 fully saturated rings. The number of benzene rings is 1. The lowest BCUT2D eigenvalue weighted by Crippen LogP contribution is -2.36. The number of hydrogen-bond acceptors (Lipinski definition) is 4. The monoisotopic (exact) mass is 299 g/mol. The number of hydrogen-bond donors (Lipinski definition) is 3. The molecule has 0 bridgehead atoms. The van der Waals surface area contributed by atoms with Crippen molar-refractivity contribution in [3.8, 4) is 0 Å². The number of carbonyl (C=O) groups excluding carboxylic acids is 1. The molecule has 0 saturated heterocycles. The van der Waals surface area contributed by atoms with Crippen molar-refractivity contribution >= 4 is 23.4 Å². The van der Waals surface area contributed by atoms with Crippen LogP contribution in [-0.2, 0) is 4.79 Å². The van der Waals surface area contributed by atoms with Crippen molar-refractivity contribution in [2.45, 2.75) is 25.8 Å². The van der Waals surface area contributed by atoms with Crippen LogP contribution in [0.4, 0.5) is 20.6 Å². The van der Waals surface area contributed by atoms with Crippen LogP contribution in [0, 0.1) is 15.9 Å². The minimum absolute atomic E-state index is 0.118. The Balaban J connectivity index is 2.64. The standard InChI is InChI=1S/C12H14FN3O5/c1-7(2-5-11(17)18)14-12(19)15-10-6-8(16(20)21)3-4-9(10)13/h3-4,6-7H,2,5H2,1H3,(H,17,18)(H2,14,15,19). The fourth-order valence-electron chi connectivity index (χ4n) is 1.52. The summed E-state index contributed by atoms with van der Waals surface area (Å²) in [6, 6.07) is 1.54. The lowest BCUT2D eigenvalue weighted by Gasteiger charge is -2.13. The second-order valence-electron chi connectivity index (χ2n) is 4.35. The number of amides is 2. The fraction of sp³-hybridized carbons (Fsp3) is 0.333. The number of urea groups is 1. The molecular weight excluding hydrogens is 285 g/mol. The van der Waals surface area contributed by atoms with Gasteiger partial charge in [0.1, 0.15) is 5.82 Å². The first-order valence-electron chi connectivity index (χ1n) is 6.03. The van der Waals surface area contributed by atoms with Gasteiger partial charge in [0.05, 0.1) is 10.6 Å². The van der Waals surface area contributed by atoms with Gasteiger partial charge in [-0.2, -0.15) is 0 Å². The molecule has 3 N–H and O–H groups in total. The van der Waals surface area contributed by atoms with E-state index in [9.17, 15) is 24.1 Å². The largest absolute Gasteiger partial charge is 0.481 e. The number of halogens is 1. The summed E-state index contributed by atoms with van der Waals surface area (Å²) < 4.78 is 13.4. The third-order valence-corrected chi connectivity index (χ3v) is 2.58. The van der Waals surface area contributed by atoms with Gasteiger partial charge in [0.15, 0.2) is 0 Å². The van der Waals surface area contributed by atoms with Gasteiger partial charge in [0.25, 0.3) is 5.69 Å². The Hall–Kier alpha value is -2.71. The van der Waals surface area contributed by atoms with E-state index in [4.69, 9.17) is 5.11 Å². The molecule has 8 nitrogen and oxygen atoms in total. The fourth-order valence-corrected chi connectivity index (χ4v) is 1.52. The number of nitrogens with zero attached hydrogens (tertiary/aromatic N) is 1. The Bertz CT molecular complexity index is 564. The third-order valence-electron chi connectivity index (χ3n) is 2.58. The predicted molar refractivity (Wildman–Crippen MR) is 71.5 cm³/mol. The first-order chi connectivity index (χ1) is 9.79. The Kier molecular flexibility index (Phi) is 5.58. The van der Waals surface area contributed by atoms with Gasteiger partial charge in [-0.3, -0.25) is 14.9 Å². The molecule has 0 aliphatic rings. The molecule has 0 aromatic heterocycles. The van der Waals surface area contributed by atoms with Crippen LogP contribution >= 0.6 is 0 Å². The highest BCUT2D eigenvalue weighted by Crippen LogP contribution is 2.21. The van der Waals surface area contributed by atoms with Gasteiger partial charge in [0.2, 0.25) is 0 Å². The van der Waals surface area contributed by atoms with Crippen molar-refractivity contribution in [3.05, 3.63) is 34.1 Å². The summed E-state index contributed by atoms with van der Waals surface area (Å²) in [6.45, 7) is 1.59. The molecule has 0 aliphatic heterocycles. The van der Waals surface area contributed by atoms with E-state index in [1.165, 1.54) is 0 Å². The normalized spacial score (nSPS) is 11.5. The van der Waals surface area contributed by atoms with E-state index in [2.05, 4.69) is 10.6 Å². The first kappa shape index (κ1) is 16.3. The average molecular weight is 299 g/mol. The van der Waals surface area contributed by atoms with Crippen LogP contribution in [0.3, 0.4) is 0 Å². The highest BCUT2D eigenvalue weighted by atomic mass is 19.1. The van der Waals surface area contributed by atoms with Crippen LogP contribution in [0.2, 0.25) is 0 Å². The van der Waals surface area contributed by atoms with Gasteiger partial charge in [-0.15, -0.1) is 0 Å². The lowest BCUT2D eigenvalue weighted by atomic mass is 10.2. The highest BCUT2D eigenvalue weighted by molar-refractivity contribution is 5.90. The number of carboxylic acids is 1. The van der Waals surface area contributed by atoms with Crippen molar-refractivity contribution in [2.75, 3.05) is 5.32 Å². The van der Waals surface area contributed by atoms with Gasteiger partial charge in [0, 0.05) is 24.6 Å². The minimum atomic E-state index is -0.992. The van der Waals surface area contributed by atoms with Crippen LogP contribution < -0.4 is 10.6 Å². The number of nitrogens with one attached hydrogen (secondary N) is 2. The number of aliphatic carboxylic acids is 1. The Morgan fingerprint density at radius 2 is 2.14 bits per heavy atom. The molecule has 21 heavy (non-hydrogen) atoms. The van der Waals surface area contributed by atoms with Crippen molar-refractivity contribution in [2.24, 2.45) is 0 Å². The quantitative estimate of drug-likeness (QED) is 0.548. The maximum atomic E-state index is 13.4. The SMILES string of the molecule is CC(CCC(=O)O)NC(=O)Nc1cc([N+](=O)[O-])ccc1F. The second-order valence-corrected chi connectivity index (χ2v) is 4.35. The average Bonchev–Trinajstić information content (AvgIpc) is 2.38. The topological polar surface area (TPSA) is 122 Å². The van der Waals surface area contributed by atoms with E-state index >= 15 is 0 Å².